The first kappa shape index (κ1) is 32.2. The molecule has 0 saturated heterocycles. The minimum Gasteiger partial charge on any atom is -0.309 e. The maximum absolute atomic E-state index is 2.55. The van der Waals surface area contributed by atoms with Crippen molar-refractivity contribution in [3.05, 3.63) is 211 Å². The van der Waals surface area contributed by atoms with Crippen LogP contribution in [-0.4, -0.2) is 0 Å². The van der Waals surface area contributed by atoms with E-state index in [-0.39, 0.29) is 5.41 Å². The molecule has 0 bridgehead atoms. The van der Waals surface area contributed by atoms with E-state index >= 15 is 0 Å². The van der Waals surface area contributed by atoms with Crippen molar-refractivity contribution in [1.82, 2.24) is 0 Å². The second-order valence-corrected chi connectivity index (χ2v) is 15.3. The summed E-state index contributed by atoms with van der Waals surface area (Å²) in [5.74, 6) is 0.817. The quantitative estimate of drug-likeness (QED) is 0.168. The lowest BCUT2D eigenvalue weighted by atomic mass is 9.74. The molecule has 0 radical (unpaired) electrons. The first-order valence-corrected chi connectivity index (χ1v) is 19.1. The third kappa shape index (κ3) is 5.23. The Labute approximate surface area is 318 Å². The summed E-state index contributed by atoms with van der Waals surface area (Å²) in [4.78, 5) is 2.55. The first-order chi connectivity index (χ1) is 26.6. The Kier molecular flexibility index (Phi) is 7.70. The Balaban J connectivity index is 1.30. The number of allylic oxidation sites excluding steroid dienone is 4. The van der Waals surface area contributed by atoms with E-state index in [0.29, 0.717) is 11.8 Å². The van der Waals surface area contributed by atoms with Gasteiger partial charge >= 0.3 is 0 Å². The molecule has 0 fully saturated rings. The Hall–Kier alpha value is -6.44. The van der Waals surface area contributed by atoms with Crippen molar-refractivity contribution >= 4 is 38.6 Å². The lowest BCUT2D eigenvalue weighted by Crippen LogP contribution is -2.24. The molecule has 2 unspecified atom stereocenters. The maximum Gasteiger partial charge on any atom is 0.0546 e. The fourth-order valence-corrected chi connectivity index (χ4v) is 9.28. The predicted octanol–water partition coefficient (Wildman–Crippen LogP) is 14.6. The van der Waals surface area contributed by atoms with Crippen LogP contribution in [0.1, 0.15) is 30.9 Å². The van der Waals surface area contributed by atoms with Crippen molar-refractivity contribution in [3.8, 4) is 33.4 Å². The number of hydrogen-bond acceptors (Lipinski definition) is 1. The van der Waals surface area contributed by atoms with Crippen LogP contribution in [-0.2, 0) is 5.41 Å². The summed E-state index contributed by atoms with van der Waals surface area (Å²) >= 11 is 0. The van der Waals surface area contributed by atoms with Crippen molar-refractivity contribution in [1.29, 1.82) is 0 Å². The van der Waals surface area contributed by atoms with Gasteiger partial charge in [-0.3, -0.25) is 0 Å². The topological polar surface area (TPSA) is 3.24 Å². The van der Waals surface area contributed by atoms with Crippen LogP contribution in [0.2, 0.25) is 0 Å². The molecule has 0 N–H and O–H groups in total. The molecule has 0 heterocycles. The van der Waals surface area contributed by atoms with E-state index in [1.165, 1.54) is 66.1 Å². The van der Waals surface area contributed by atoms with Gasteiger partial charge in [0.15, 0.2) is 0 Å². The highest BCUT2D eigenvalue weighted by molar-refractivity contribution is 6.12. The van der Waals surface area contributed by atoms with Crippen molar-refractivity contribution in [2.24, 2.45) is 5.92 Å². The summed E-state index contributed by atoms with van der Waals surface area (Å²) in [5.41, 5.74) is 13.5. The minimum atomic E-state index is -0.0236. The minimum absolute atomic E-state index is 0.0236. The lowest BCUT2D eigenvalue weighted by molar-refractivity contribution is 0.394. The zero-order valence-corrected chi connectivity index (χ0v) is 30.7. The number of nitrogens with zero attached hydrogens (tertiary/aromatic N) is 1. The van der Waals surface area contributed by atoms with E-state index in [9.17, 15) is 0 Å². The zero-order chi connectivity index (χ0) is 36.2. The van der Waals surface area contributed by atoms with Crippen LogP contribution < -0.4 is 4.90 Å². The summed E-state index contributed by atoms with van der Waals surface area (Å²) in [6.45, 7) is 4.85. The van der Waals surface area contributed by atoms with E-state index in [2.05, 4.69) is 219 Å². The molecule has 0 spiro atoms. The second kappa shape index (κ2) is 12.9. The molecule has 8 aromatic rings. The van der Waals surface area contributed by atoms with E-state index in [0.717, 1.165) is 17.1 Å². The maximum atomic E-state index is 2.55. The first-order valence-electron chi connectivity index (χ1n) is 19.1. The van der Waals surface area contributed by atoms with E-state index in [1.54, 1.807) is 0 Å². The summed E-state index contributed by atoms with van der Waals surface area (Å²) in [6.07, 6.45) is 9.26. The predicted molar refractivity (Wildman–Crippen MR) is 230 cm³/mol. The lowest BCUT2D eigenvalue weighted by Gasteiger charge is -2.33. The van der Waals surface area contributed by atoms with Gasteiger partial charge in [0.2, 0.25) is 0 Å². The summed E-state index contributed by atoms with van der Waals surface area (Å²) in [6, 6.07) is 65.0. The van der Waals surface area contributed by atoms with Crippen LogP contribution >= 0.6 is 0 Å². The molecule has 258 valence electrons. The van der Waals surface area contributed by atoms with E-state index < -0.39 is 0 Å². The van der Waals surface area contributed by atoms with Gasteiger partial charge in [-0.1, -0.05) is 184 Å². The fourth-order valence-electron chi connectivity index (χ4n) is 9.28. The zero-order valence-electron chi connectivity index (χ0n) is 30.7. The van der Waals surface area contributed by atoms with Crippen molar-refractivity contribution in [3.63, 3.8) is 0 Å². The molecule has 2 atom stereocenters. The largest absolute Gasteiger partial charge is 0.309 e. The Morgan fingerprint density at radius 3 is 1.91 bits per heavy atom. The van der Waals surface area contributed by atoms with Crippen molar-refractivity contribution in [2.75, 3.05) is 4.90 Å². The molecule has 1 heteroatoms. The standard InChI is InChI=1S/C53H41N/c1-53(2)48-27-14-13-25-44(48)45-31-30-41(35-49(45)53)54(50-32-29-40(36-16-5-3-6-17-36)34-47(50)38-18-7-4-8-19-38)51-33-28-39-21-10-12-24-43(39)52(51)46-26-15-22-37-20-9-11-23-42(37)46/h3-35,44,48H,1-2H3. The van der Waals surface area contributed by atoms with Gasteiger partial charge in [0.05, 0.1) is 11.4 Å². The van der Waals surface area contributed by atoms with Crippen molar-refractivity contribution in [2.45, 2.75) is 25.2 Å². The number of hydrogen-bond donors (Lipinski definition) is 0. The molecule has 2 aliphatic carbocycles. The van der Waals surface area contributed by atoms with Crippen molar-refractivity contribution < 1.29 is 0 Å². The van der Waals surface area contributed by atoms with Gasteiger partial charge in [-0.25, -0.2) is 0 Å². The molecular formula is C53H41N. The number of benzene rings is 8. The van der Waals surface area contributed by atoms with Gasteiger partial charge in [0, 0.05) is 22.7 Å². The van der Waals surface area contributed by atoms with Crippen LogP contribution in [0, 0.1) is 5.92 Å². The summed E-state index contributed by atoms with van der Waals surface area (Å²) in [7, 11) is 0. The third-order valence-electron chi connectivity index (χ3n) is 12.0. The molecule has 2 aliphatic rings. The van der Waals surface area contributed by atoms with E-state index in [4.69, 9.17) is 0 Å². The molecule has 0 amide bonds. The Morgan fingerprint density at radius 1 is 0.463 bits per heavy atom. The van der Waals surface area contributed by atoms with Gasteiger partial charge in [-0.2, -0.15) is 0 Å². The smallest absolute Gasteiger partial charge is 0.0546 e. The van der Waals surface area contributed by atoms with Crippen LogP contribution in [0.5, 0.6) is 0 Å². The molecule has 1 nitrogen and oxygen atoms in total. The molecule has 0 saturated carbocycles. The number of rotatable bonds is 6. The average molecular weight is 692 g/mol. The van der Waals surface area contributed by atoms with Crippen LogP contribution in [0.4, 0.5) is 17.1 Å². The third-order valence-corrected chi connectivity index (χ3v) is 12.0. The van der Waals surface area contributed by atoms with Gasteiger partial charge < -0.3 is 4.90 Å². The Morgan fingerprint density at radius 2 is 1.11 bits per heavy atom. The number of fused-ring (bicyclic) bond motifs is 5. The van der Waals surface area contributed by atoms with Gasteiger partial charge in [-0.05, 0) is 96.6 Å². The monoisotopic (exact) mass is 691 g/mol. The van der Waals surface area contributed by atoms with Gasteiger partial charge in [0.1, 0.15) is 0 Å². The molecule has 10 rings (SSSR count). The molecular weight excluding hydrogens is 651 g/mol. The molecule has 0 aliphatic heterocycles. The fraction of sp³-hybridized carbons (Fsp3) is 0.0943. The molecule has 54 heavy (non-hydrogen) atoms. The van der Waals surface area contributed by atoms with Crippen LogP contribution in [0.25, 0.3) is 54.9 Å². The summed E-state index contributed by atoms with van der Waals surface area (Å²) in [5, 5.41) is 4.95. The molecule has 8 aromatic carbocycles. The highest BCUT2D eigenvalue weighted by atomic mass is 15.1. The van der Waals surface area contributed by atoms with E-state index in [1.807, 2.05) is 0 Å². The van der Waals surface area contributed by atoms with Crippen LogP contribution in [0.3, 0.4) is 0 Å². The number of anilines is 3. The highest BCUT2D eigenvalue weighted by Crippen LogP contribution is 2.55. The average Bonchev–Trinajstić information content (AvgIpc) is 3.46. The van der Waals surface area contributed by atoms with Crippen LogP contribution in [0.15, 0.2) is 200 Å². The SMILES string of the molecule is CC1(C)c2cc(N(c3ccc(-c4ccccc4)cc3-c3ccccc3)c3ccc4ccccc4c3-c3cccc4ccccc34)ccc2C2C=CC=CC21. The molecule has 0 aromatic heterocycles. The highest BCUT2D eigenvalue weighted by Gasteiger charge is 2.44. The second-order valence-electron chi connectivity index (χ2n) is 15.3. The summed E-state index contributed by atoms with van der Waals surface area (Å²) < 4.78 is 0. The van der Waals surface area contributed by atoms with Gasteiger partial charge in [-0.15, -0.1) is 0 Å². The Bertz CT molecular complexity index is 2750. The normalized spacial score (nSPS) is 16.7. The van der Waals surface area contributed by atoms with Gasteiger partial charge in [0.25, 0.3) is 0 Å².